The number of aryl methyl sites for hydroxylation is 1. The van der Waals surface area contributed by atoms with E-state index < -0.39 is 0 Å². The van der Waals surface area contributed by atoms with Crippen molar-refractivity contribution in [3.63, 3.8) is 0 Å². The summed E-state index contributed by atoms with van der Waals surface area (Å²) in [6.07, 6.45) is 1.07. The van der Waals surface area contributed by atoms with Gasteiger partial charge in [0.1, 0.15) is 0 Å². The van der Waals surface area contributed by atoms with Crippen molar-refractivity contribution in [1.29, 1.82) is 0 Å². The Morgan fingerprint density at radius 3 is 2.38 bits per heavy atom. The molecule has 0 nitrogen and oxygen atoms in total. The quantitative estimate of drug-likeness (QED) is 0.712. The van der Waals surface area contributed by atoms with Crippen molar-refractivity contribution in [3.8, 4) is 0 Å². The van der Waals surface area contributed by atoms with Gasteiger partial charge < -0.3 is 0 Å². The molecule has 2 rings (SSSR count). The fraction of sp³-hybridized carbons (Fsp3) is 0.333. The summed E-state index contributed by atoms with van der Waals surface area (Å²) < 4.78 is 0. The Morgan fingerprint density at radius 1 is 1.12 bits per heavy atom. The molecule has 1 aromatic heterocycles. The topological polar surface area (TPSA) is 0 Å². The molecule has 1 aromatic carbocycles. The van der Waals surface area contributed by atoms with Crippen LogP contribution < -0.4 is 0 Å². The molecule has 2 aromatic rings. The summed E-state index contributed by atoms with van der Waals surface area (Å²) in [4.78, 5) is 3.01. The SMILES string of the molecule is Cc1cc(C(C)C)sc1Cc1ccccc1. The third kappa shape index (κ3) is 2.53. The highest BCUT2D eigenvalue weighted by molar-refractivity contribution is 7.12. The number of rotatable bonds is 3. The average molecular weight is 230 g/mol. The van der Waals surface area contributed by atoms with Crippen molar-refractivity contribution in [3.05, 3.63) is 57.3 Å². The number of hydrogen-bond donors (Lipinski definition) is 0. The van der Waals surface area contributed by atoms with E-state index in [1.165, 1.54) is 20.9 Å². The van der Waals surface area contributed by atoms with E-state index in [9.17, 15) is 0 Å². The van der Waals surface area contributed by atoms with Crippen molar-refractivity contribution in [2.24, 2.45) is 0 Å². The van der Waals surface area contributed by atoms with Gasteiger partial charge in [-0.05, 0) is 30.0 Å². The monoisotopic (exact) mass is 230 g/mol. The van der Waals surface area contributed by atoms with Crippen LogP contribution in [0.2, 0.25) is 0 Å². The second kappa shape index (κ2) is 4.84. The van der Waals surface area contributed by atoms with E-state index in [1.807, 2.05) is 11.3 Å². The Hall–Kier alpha value is -1.08. The Balaban J connectivity index is 2.22. The maximum atomic E-state index is 2.34. The van der Waals surface area contributed by atoms with Crippen LogP contribution in [0.4, 0.5) is 0 Å². The minimum absolute atomic E-state index is 0.647. The lowest BCUT2D eigenvalue weighted by molar-refractivity contribution is 0.889. The van der Waals surface area contributed by atoms with Crippen LogP contribution in [-0.4, -0.2) is 0 Å². The molecule has 1 heterocycles. The third-order valence-corrected chi connectivity index (χ3v) is 4.35. The van der Waals surface area contributed by atoms with Gasteiger partial charge in [-0.2, -0.15) is 0 Å². The lowest BCUT2D eigenvalue weighted by Gasteiger charge is -2.00. The average Bonchev–Trinajstić information content (AvgIpc) is 2.62. The van der Waals surface area contributed by atoms with Gasteiger partial charge >= 0.3 is 0 Å². The van der Waals surface area contributed by atoms with Gasteiger partial charge in [0, 0.05) is 16.2 Å². The molecule has 0 aliphatic carbocycles. The van der Waals surface area contributed by atoms with Gasteiger partial charge in [-0.15, -0.1) is 11.3 Å². The molecule has 0 aliphatic rings. The summed E-state index contributed by atoms with van der Waals surface area (Å²) in [5.41, 5.74) is 2.85. The van der Waals surface area contributed by atoms with Crippen molar-refractivity contribution < 1.29 is 0 Å². The van der Waals surface area contributed by atoms with Crippen LogP contribution in [0.25, 0.3) is 0 Å². The van der Waals surface area contributed by atoms with E-state index in [-0.39, 0.29) is 0 Å². The van der Waals surface area contributed by atoms with Crippen molar-refractivity contribution in [2.45, 2.75) is 33.1 Å². The Morgan fingerprint density at radius 2 is 1.81 bits per heavy atom. The van der Waals surface area contributed by atoms with Crippen LogP contribution >= 0.6 is 11.3 Å². The molecule has 0 bridgehead atoms. The van der Waals surface area contributed by atoms with Gasteiger partial charge in [0.2, 0.25) is 0 Å². The van der Waals surface area contributed by atoms with Crippen LogP contribution in [0.15, 0.2) is 36.4 Å². The van der Waals surface area contributed by atoms with Gasteiger partial charge in [0.25, 0.3) is 0 Å². The van der Waals surface area contributed by atoms with Gasteiger partial charge in [-0.3, -0.25) is 0 Å². The first kappa shape index (κ1) is 11.4. The molecule has 0 N–H and O–H groups in total. The Labute approximate surface area is 102 Å². The van der Waals surface area contributed by atoms with Gasteiger partial charge in [0.15, 0.2) is 0 Å². The molecule has 0 unspecified atom stereocenters. The van der Waals surface area contributed by atoms with E-state index in [2.05, 4.69) is 57.2 Å². The number of benzene rings is 1. The fourth-order valence-corrected chi connectivity index (χ4v) is 3.00. The number of hydrogen-bond acceptors (Lipinski definition) is 1. The second-order valence-corrected chi connectivity index (χ2v) is 5.74. The predicted octanol–water partition coefficient (Wildman–Crippen LogP) is 4.77. The van der Waals surface area contributed by atoms with Crippen LogP contribution in [0.3, 0.4) is 0 Å². The van der Waals surface area contributed by atoms with E-state index in [0.29, 0.717) is 5.92 Å². The molecule has 0 saturated carbocycles. The molecule has 0 atom stereocenters. The zero-order chi connectivity index (χ0) is 11.5. The molecule has 16 heavy (non-hydrogen) atoms. The van der Waals surface area contributed by atoms with Crippen LogP contribution in [0.5, 0.6) is 0 Å². The lowest BCUT2D eigenvalue weighted by Crippen LogP contribution is -1.85. The predicted molar refractivity (Wildman–Crippen MR) is 72.4 cm³/mol. The van der Waals surface area contributed by atoms with Gasteiger partial charge in [-0.25, -0.2) is 0 Å². The van der Waals surface area contributed by atoms with Gasteiger partial charge in [-0.1, -0.05) is 44.2 Å². The molecule has 0 amide bonds. The third-order valence-electron chi connectivity index (χ3n) is 2.82. The summed E-state index contributed by atoms with van der Waals surface area (Å²) in [6, 6.07) is 13.0. The molecular weight excluding hydrogens is 212 g/mol. The second-order valence-electron chi connectivity index (χ2n) is 4.57. The van der Waals surface area contributed by atoms with E-state index in [0.717, 1.165) is 6.42 Å². The standard InChI is InChI=1S/C15H18S/c1-11(2)14-9-12(3)15(16-14)10-13-7-5-4-6-8-13/h4-9,11H,10H2,1-3H3. The molecule has 0 fully saturated rings. The lowest BCUT2D eigenvalue weighted by atomic mass is 10.1. The summed E-state index contributed by atoms with van der Waals surface area (Å²) in [7, 11) is 0. The summed E-state index contributed by atoms with van der Waals surface area (Å²) in [5.74, 6) is 0.647. The Kier molecular flexibility index (Phi) is 3.45. The van der Waals surface area contributed by atoms with E-state index in [4.69, 9.17) is 0 Å². The number of thiophene rings is 1. The van der Waals surface area contributed by atoms with Crippen molar-refractivity contribution >= 4 is 11.3 Å². The van der Waals surface area contributed by atoms with E-state index >= 15 is 0 Å². The largest absolute Gasteiger partial charge is 0.145 e. The highest BCUT2D eigenvalue weighted by Crippen LogP contribution is 2.29. The summed E-state index contributed by atoms with van der Waals surface area (Å²) >= 11 is 1.96. The summed E-state index contributed by atoms with van der Waals surface area (Å²) in [5, 5.41) is 0. The van der Waals surface area contributed by atoms with Crippen LogP contribution in [0.1, 0.15) is 40.6 Å². The highest BCUT2D eigenvalue weighted by atomic mass is 32.1. The molecule has 0 spiro atoms. The maximum absolute atomic E-state index is 2.34. The minimum atomic E-state index is 0.647. The minimum Gasteiger partial charge on any atom is -0.145 e. The maximum Gasteiger partial charge on any atom is 0.0121 e. The molecule has 84 valence electrons. The van der Waals surface area contributed by atoms with Crippen LogP contribution in [-0.2, 0) is 6.42 Å². The van der Waals surface area contributed by atoms with E-state index in [1.54, 1.807) is 0 Å². The first-order valence-corrected chi connectivity index (χ1v) is 6.61. The molecular formula is C15H18S. The first-order valence-electron chi connectivity index (χ1n) is 5.80. The highest BCUT2D eigenvalue weighted by Gasteiger charge is 2.08. The fourth-order valence-electron chi connectivity index (χ4n) is 1.79. The van der Waals surface area contributed by atoms with Crippen molar-refractivity contribution in [2.75, 3.05) is 0 Å². The first-order chi connectivity index (χ1) is 7.66. The van der Waals surface area contributed by atoms with Gasteiger partial charge in [0.05, 0.1) is 0 Å². The molecule has 0 aliphatic heterocycles. The smallest absolute Gasteiger partial charge is 0.0121 e. The molecule has 0 radical (unpaired) electrons. The normalized spacial score (nSPS) is 11.0. The summed E-state index contributed by atoms with van der Waals surface area (Å²) in [6.45, 7) is 6.75. The Bertz CT molecular complexity index is 452. The molecule has 1 heteroatoms. The zero-order valence-electron chi connectivity index (χ0n) is 10.2. The van der Waals surface area contributed by atoms with Crippen molar-refractivity contribution in [1.82, 2.24) is 0 Å². The molecule has 0 saturated heterocycles. The zero-order valence-corrected chi connectivity index (χ0v) is 11.0. The van der Waals surface area contributed by atoms with Crippen LogP contribution in [0, 0.1) is 6.92 Å².